The monoisotopic (exact) mass is 296 g/mol. The van der Waals surface area contributed by atoms with Crippen molar-refractivity contribution >= 4 is 22.8 Å². The number of hydrogen-bond acceptors (Lipinski definition) is 3. The van der Waals surface area contributed by atoms with Crippen LogP contribution >= 0.6 is 17.0 Å². The van der Waals surface area contributed by atoms with Gasteiger partial charge in [-0.3, -0.25) is 4.79 Å². The van der Waals surface area contributed by atoms with Gasteiger partial charge in [-0.1, -0.05) is 31.2 Å². The van der Waals surface area contributed by atoms with Crippen LogP contribution in [0.1, 0.15) is 22.8 Å². The smallest absolute Gasteiger partial charge is 0.182 e. The number of Topliss-reactive ketones (excluding diaryl/α,β-unsaturated/α-hetero) is 1. The minimum atomic E-state index is 0. The van der Waals surface area contributed by atoms with Gasteiger partial charge in [0.25, 0.3) is 0 Å². The highest BCUT2D eigenvalue weighted by Crippen LogP contribution is 2.07. The average Bonchev–Trinajstić information content (AvgIpc) is 2.82. The summed E-state index contributed by atoms with van der Waals surface area (Å²) in [5.74, 6) is 0.163. The molecule has 2 rings (SSSR count). The fourth-order valence-electron chi connectivity index (χ4n) is 1.69. The summed E-state index contributed by atoms with van der Waals surface area (Å²) < 4.78 is 0. The molecule has 1 aliphatic heterocycles. The van der Waals surface area contributed by atoms with E-state index in [1.165, 1.54) is 5.56 Å². The molecule has 0 saturated heterocycles. The number of carbonyl (C=O) groups is 1. The standard InChI is InChI=1S/C13H16N2O.BrH/c1-2-11-3-5-12(6-4-11)13(16)9-15-8-7-14-10-15;/h3-8,14H,2,9-10H2,1H3;1H. The van der Waals surface area contributed by atoms with Crippen molar-refractivity contribution < 1.29 is 4.79 Å². The van der Waals surface area contributed by atoms with E-state index in [1.807, 2.05) is 41.6 Å². The van der Waals surface area contributed by atoms with E-state index in [2.05, 4.69) is 12.2 Å². The van der Waals surface area contributed by atoms with Crippen LogP contribution < -0.4 is 5.32 Å². The van der Waals surface area contributed by atoms with Gasteiger partial charge in [0, 0.05) is 18.0 Å². The van der Waals surface area contributed by atoms with Gasteiger partial charge < -0.3 is 10.2 Å². The Labute approximate surface area is 112 Å². The van der Waals surface area contributed by atoms with Crippen molar-refractivity contribution in [3.05, 3.63) is 47.8 Å². The van der Waals surface area contributed by atoms with Crippen LogP contribution in [-0.2, 0) is 6.42 Å². The van der Waals surface area contributed by atoms with E-state index in [9.17, 15) is 4.79 Å². The molecule has 17 heavy (non-hydrogen) atoms. The van der Waals surface area contributed by atoms with Crippen molar-refractivity contribution in [1.82, 2.24) is 10.2 Å². The Morgan fingerprint density at radius 2 is 2.06 bits per heavy atom. The quantitative estimate of drug-likeness (QED) is 0.866. The minimum Gasteiger partial charge on any atom is -0.373 e. The van der Waals surface area contributed by atoms with E-state index in [1.54, 1.807) is 0 Å². The molecule has 92 valence electrons. The predicted octanol–water partition coefficient (Wildman–Crippen LogP) is 2.34. The highest BCUT2D eigenvalue weighted by atomic mass is 79.9. The largest absolute Gasteiger partial charge is 0.373 e. The fourth-order valence-corrected chi connectivity index (χ4v) is 1.69. The third-order valence-corrected chi connectivity index (χ3v) is 2.73. The second-order valence-corrected chi connectivity index (χ2v) is 3.90. The maximum absolute atomic E-state index is 11.9. The summed E-state index contributed by atoms with van der Waals surface area (Å²) in [6.45, 7) is 3.27. The summed E-state index contributed by atoms with van der Waals surface area (Å²) in [6, 6.07) is 7.86. The fraction of sp³-hybridized carbons (Fsp3) is 0.308. The topological polar surface area (TPSA) is 32.3 Å². The molecular weight excluding hydrogens is 280 g/mol. The molecule has 1 aromatic carbocycles. The molecule has 0 bridgehead atoms. The molecule has 0 saturated carbocycles. The van der Waals surface area contributed by atoms with Crippen LogP contribution in [-0.4, -0.2) is 23.9 Å². The van der Waals surface area contributed by atoms with E-state index in [0.29, 0.717) is 6.54 Å². The molecule has 1 aromatic rings. The second kappa shape index (κ2) is 6.45. The number of rotatable bonds is 4. The van der Waals surface area contributed by atoms with Gasteiger partial charge in [0.2, 0.25) is 0 Å². The molecule has 0 aromatic heterocycles. The van der Waals surface area contributed by atoms with E-state index in [-0.39, 0.29) is 22.8 Å². The molecule has 3 nitrogen and oxygen atoms in total. The lowest BCUT2D eigenvalue weighted by Gasteiger charge is -2.13. The zero-order valence-electron chi connectivity index (χ0n) is 9.85. The molecule has 0 aliphatic carbocycles. The van der Waals surface area contributed by atoms with Crippen LogP contribution in [0.2, 0.25) is 0 Å². The average molecular weight is 297 g/mol. The molecule has 0 unspecified atom stereocenters. The zero-order chi connectivity index (χ0) is 11.4. The number of nitrogens with one attached hydrogen (secondary N) is 1. The Balaban J connectivity index is 0.00000144. The number of hydrogen-bond donors (Lipinski definition) is 1. The van der Waals surface area contributed by atoms with Gasteiger partial charge in [-0.25, -0.2) is 0 Å². The lowest BCUT2D eigenvalue weighted by Crippen LogP contribution is -2.27. The third kappa shape index (κ3) is 3.60. The maximum atomic E-state index is 11.9. The summed E-state index contributed by atoms with van der Waals surface area (Å²) >= 11 is 0. The number of ketones is 1. The summed E-state index contributed by atoms with van der Waals surface area (Å²) in [5.41, 5.74) is 2.05. The first-order chi connectivity index (χ1) is 7.79. The number of nitrogens with zero attached hydrogens (tertiary/aromatic N) is 1. The maximum Gasteiger partial charge on any atom is 0.182 e. The molecule has 4 heteroatoms. The molecule has 0 amide bonds. The van der Waals surface area contributed by atoms with Gasteiger partial charge in [-0.2, -0.15) is 0 Å². The van der Waals surface area contributed by atoms with E-state index < -0.39 is 0 Å². The summed E-state index contributed by atoms with van der Waals surface area (Å²) in [5, 5.41) is 3.04. The van der Waals surface area contributed by atoms with Crippen molar-refractivity contribution in [3.8, 4) is 0 Å². The van der Waals surface area contributed by atoms with Gasteiger partial charge in [0.15, 0.2) is 5.78 Å². The molecule has 0 spiro atoms. The van der Waals surface area contributed by atoms with Gasteiger partial charge in [-0.05, 0) is 12.0 Å². The Kier molecular flexibility index (Phi) is 5.22. The van der Waals surface area contributed by atoms with Gasteiger partial charge in [0.05, 0.1) is 13.2 Å². The van der Waals surface area contributed by atoms with Crippen LogP contribution in [0.5, 0.6) is 0 Å². The lowest BCUT2D eigenvalue weighted by atomic mass is 10.1. The molecule has 0 atom stereocenters. The van der Waals surface area contributed by atoms with Gasteiger partial charge in [0.1, 0.15) is 0 Å². The van der Waals surface area contributed by atoms with Gasteiger partial charge >= 0.3 is 0 Å². The Hall–Kier alpha value is -1.29. The number of benzene rings is 1. The Morgan fingerprint density at radius 1 is 1.35 bits per heavy atom. The molecule has 1 aliphatic rings. The van der Waals surface area contributed by atoms with Crippen LogP contribution in [0.4, 0.5) is 0 Å². The normalized spacial score (nSPS) is 13.1. The van der Waals surface area contributed by atoms with Gasteiger partial charge in [-0.15, -0.1) is 17.0 Å². The predicted molar refractivity (Wildman–Crippen MR) is 74.3 cm³/mol. The summed E-state index contributed by atoms with van der Waals surface area (Å²) in [4.78, 5) is 13.9. The number of carbonyl (C=O) groups excluding carboxylic acids is 1. The Bertz CT molecular complexity index is 400. The highest BCUT2D eigenvalue weighted by molar-refractivity contribution is 8.93. The van der Waals surface area contributed by atoms with E-state index in [0.717, 1.165) is 18.7 Å². The molecule has 1 N–H and O–H groups in total. The van der Waals surface area contributed by atoms with Crippen molar-refractivity contribution in [3.63, 3.8) is 0 Å². The number of aryl methyl sites for hydroxylation is 1. The van der Waals surface area contributed by atoms with Crippen LogP contribution in [0.25, 0.3) is 0 Å². The summed E-state index contributed by atoms with van der Waals surface area (Å²) in [6.07, 6.45) is 4.76. The minimum absolute atomic E-state index is 0. The highest BCUT2D eigenvalue weighted by Gasteiger charge is 2.11. The van der Waals surface area contributed by atoms with Crippen molar-refractivity contribution in [2.75, 3.05) is 13.2 Å². The first-order valence-electron chi connectivity index (χ1n) is 5.56. The lowest BCUT2D eigenvalue weighted by molar-refractivity contribution is 0.0957. The van der Waals surface area contributed by atoms with Crippen molar-refractivity contribution in [1.29, 1.82) is 0 Å². The third-order valence-electron chi connectivity index (χ3n) is 2.73. The molecule has 0 fully saturated rings. The molecular formula is C13H17BrN2O. The zero-order valence-corrected chi connectivity index (χ0v) is 11.6. The number of halogens is 1. The van der Waals surface area contributed by atoms with Crippen LogP contribution in [0.15, 0.2) is 36.7 Å². The van der Waals surface area contributed by atoms with E-state index >= 15 is 0 Å². The second-order valence-electron chi connectivity index (χ2n) is 3.90. The van der Waals surface area contributed by atoms with E-state index in [4.69, 9.17) is 0 Å². The van der Waals surface area contributed by atoms with Crippen molar-refractivity contribution in [2.45, 2.75) is 13.3 Å². The summed E-state index contributed by atoms with van der Waals surface area (Å²) in [7, 11) is 0. The van der Waals surface area contributed by atoms with Crippen LogP contribution in [0.3, 0.4) is 0 Å². The first-order valence-corrected chi connectivity index (χ1v) is 5.56. The van der Waals surface area contributed by atoms with Crippen molar-refractivity contribution in [2.24, 2.45) is 0 Å². The Morgan fingerprint density at radius 3 is 2.59 bits per heavy atom. The SMILES string of the molecule is Br.CCc1ccc(C(=O)CN2C=CNC2)cc1. The van der Waals surface area contributed by atoms with Crippen LogP contribution in [0, 0.1) is 0 Å². The molecule has 0 radical (unpaired) electrons. The molecule has 1 heterocycles. The first kappa shape index (κ1) is 13.8.